The van der Waals surface area contributed by atoms with Gasteiger partial charge in [0, 0.05) is 0 Å². The van der Waals surface area contributed by atoms with Gasteiger partial charge in [0.1, 0.15) is 5.82 Å². The van der Waals surface area contributed by atoms with Crippen molar-refractivity contribution in [2.45, 2.75) is 19.3 Å². The summed E-state index contributed by atoms with van der Waals surface area (Å²) in [5.41, 5.74) is 8.79. The fourth-order valence-corrected chi connectivity index (χ4v) is 2.28. The summed E-state index contributed by atoms with van der Waals surface area (Å²) in [7, 11) is 0. The molecule has 1 unspecified atom stereocenters. The fourth-order valence-electron chi connectivity index (χ4n) is 2.10. The van der Waals surface area contributed by atoms with Crippen LogP contribution in [0.3, 0.4) is 0 Å². The summed E-state index contributed by atoms with van der Waals surface area (Å²) in [6.07, 6.45) is 0.974. The molecule has 0 aliphatic rings. The fraction of sp³-hybridized carbons (Fsp3) is 0.250. The highest BCUT2D eigenvalue weighted by molar-refractivity contribution is 6.31. The summed E-state index contributed by atoms with van der Waals surface area (Å²) in [4.78, 5) is 0. The molecule has 0 fully saturated rings. The van der Waals surface area contributed by atoms with E-state index in [2.05, 4.69) is 19.1 Å². The molecule has 1 nitrogen and oxygen atoms in total. The van der Waals surface area contributed by atoms with E-state index < -0.39 is 5.82 Å². The molecule has 2 aromatic carbocycles. The Kier molecular flexibility index (Phi) is 4.56. The molecular weight excluding hydrogens is 261 g/mol. The molecule has 0 saturated carbocycles. The Morgan fingerprint density at radius 2 is 1.74 bits per heavy atom. The van der Waals surface area contributed by atoms with Crippen molar-refractivity contribution in [2.75, 3.05) is 6.54 Å². The number of hydrogen-bond acceptors (Lipinski definition) is 1. The largest absolute Gasteiger partial charge is 0.330 e. The molecule has 19 heavy (non-hydrogen) atoms. The Morgan fingerprint density at radius 1 is 1.11 bits per heavy atom. The van der Waals surface area contributed by atoms with Crippen LogP contribution in [0.4, 0.5) is 4.39 Å². The van der Waals surface area contributed by atoms with Gasteiger partial charge in [-0.1, -0.05) is 48.9 Å². The van der Waals surface area contributed by atoms with Crippen molar-refractivity contribution in [1.82, 2.24) is 0 Å². The molecule has 2 rings (SSSR count). The molecule has 0 heterocycles. The van der Waals surface area contributed by atoms with Crippen LogP contribution in [0.2, 0.25) is 5.02 Å². The second-order valence-electron chi connectivity index (χ2n) is 4.73. The van der Waals surface area contributed by atoms with E-state index in [-0.39, 0.29) is 5.02 Å². The molecule has 0 saturated heterocycles. The Balaban J connectivity index is 2.24. The Labute approximate surface area is 118 Å². The summed E-state index contributed by atoms with van der Waals surface area (Å²) in [6.45, 7) is 2.85. The van der Waals surface area contributed by atoms with E-state index in [0.717, 1.165) is 17.5 Å². The van der Waals surface area contributed by atoms with Crippen molar-refractivity contribution in [2.24, 2.45) is 5.73 Å². The maximum atomic E-state index is 13.1. The number of nitrogens with two attached hydrogens (primary N) is 1. The Bertz CT molecular complexity index is 551. The van der Waals surface area contributed by atoms with Crippen LogP contribution in [0, 0.1) is 5.82 Å². The molecule has 1 atom stereocenters. The molecule has 0 aliphatic heterocycles. The maximum Gasteiger partial charge on any atom is 0.141 e. The monoisotopic (exact) mass is 277 g/mol. The Morgan fingerprint density at radius 3 is 2.32 bits per heavy atom. The molecule has 2 aromatic rings. The molecule has 0 aliphatic carbocycles. The van der Waals surface area contributed by atoms with Crippen molar-refractivity contribution in [3.63, 3.8) is 0 Å². The lowest BCUT2D eigenvalue weighted by molar-refractivity contribution is 0.628. The third-order valence-corrected chi connectivity index (χ3v) is 3.62. The van der Waals surface area contributed by atoms with E-state index in [1.165, 1.54) is 11.6 Å². The van der Waals surface area contributed by atoms with Crippen LogP contribution < -0.4 is 5.73 Å². The smallest absolute Gasteiger partial charge is 0.141 e. The summed E-state index contributed by atoms with van der Waals surface area (Å²) in [5.74, 6) is 0.0643. The molecule has 2 N–H and O–H groups in total. The van der Waals surface area contributed by atoms with Gasteiger partial charge in [-0.3, -0.25) is 0 Å². The van der Waals surface area contributed by atoms with Gasteiger partial charge in [0.2, 0.25) is 0 Å². The molecule has 3 heteroatoms. The van der Waals surface area contributed by atoms with Gasteiger partial charge in [-0.15, -0.1) is 0 Å². The summed E-state index contributed by atoms with van der Waals surface area (Å²) in [6, 6.07) is 13.0. The minimum atomic E-state index is -0.390. The highest BCUT2D eigenvalue weighted by Gasteiger charge is 2.06. The van der Waals surface area contributed by atoms with E-state index in [9.17, 15) is 4.39 Å². The SMILES string of the molecule is CC(CCN)c1ccc(-c2ccc(F)c(Cl)c2)cc1. The second kappa shape index (κ2) is 6.18. The summed E-state index contributed by atoms with van der Waals surface area (Å²) in [5, 5.41) is 0.151. The maximum absolute atomic E-state index is 13.1. The van der Waals surface area contributed by atoms with Crippen LogP contribution in [0.15, 0.2) is 42.5 Å². The molecule has 0 amide bonds. The zero-order valence-corrected chi connectivity index (χ0v) is 11.6. The quantitative estimate of drug-likeness (QED) is 0.868. The topological polar surface area (TPSA) is 26.0 Å². The average molecular weight is 278 g/mol. The molecule has 0 aromatic heterocycles. The minimum absolute atomic E-state index is 0.151. The first kappa shape index (κ1) is 14.0. The Hall–Kier alpha value is -1.38. The van der Waals surface area contributed by atoms with Gasteiger partial charge >= 0.3 is 0 Å². The van der Waals surface area contributed by atoms with Gasteiger partial charge in [-0.05, 0) is 47.7 Å². The molecule has 0 radical (unpaired) electrons. The standard InChI is InChI=1S/C16H17ClFN/c1-11(8-9-19)12-2-4-13(5-3-12)14-6-7-16(18)15(17)10-14/h2-7,10-11H,8-9,19H2,1H3. The van der Waals surface area contributed by atoms with Crippen LogP contribution in [-0.4, -0.2) is 6.54 Å². The first-order valence-corrected chi connectivity index (χ1v) is 6.75. The van der Waals surface area contributed by atoms with Crippen molar-refractivity contribution < 1.29 is 4.39 Å². The zero-order valence-electron chi connectivity index (χ0n) is 10.9. The van der Waals surface area contributed by atoms with Crippen LogP contribution >= 0.6 is 11.6 Å². The van der Waals surface area contributed by atoms with E-state index in [1.54, 1.807) is 12.1 Å². The number of hydrogen-bond donors (Lipinski definition) is 1. The van der Waals surface area contributed by atoms with Crippen LogP contribution in [-0.2, 0) is 0 Å². The van der Waals surface area contributed by atoms with E-state index in [1.807, 2.05) is 12.1 Å². The number of benzene rings is 2. The highest BCUT2D eigenvalue weighted by atomic mass is 35.5. The summed E-state index contributed by atoms with van der Waals surface area (Å²) >= 11 is 5.80. The van der Waals surface area contributed by atoms with Crippen molar-refractivity contribution in [3.05, 3.63) is 58.9 Å². The summed E-state index contributed by atoms with van der Waals surface area (Å²) < 4.78 is 13.1. The van der Waals surface area contributed by atoms with Crippen LogP contribution in [0.5, 0.6) is 0 Å². The van der Waals surface area contributed by atoms with Gasteiger partial charge in [0.25, 0.3) is 0 Å². The van der Waals surface area contributed by atoms with Crippen LogP contribution in [0.25, 0.3) is 11.1 Å². The van der Waals surface area contributed by atoms with Crippen LogP contribution in [0.1, 0.15) is 24.8 Å². The predicted octanol–water partition coefficient (Wildman–Crippen LogP) is 4.60. The molecule has 100 valence electrons. The third kappa shape index (κ3) is 3.34. The highest BCUT2D eigenvalue weighted by Crippen LogP contribution is 2.27. The van der Waals surface area contributed by atoms with E-state index in [4.69, 9.17) is 17.3 Å². The van der Waals surface area contributed by atoms with Gasteiger partial charge in [0.05, 0.1) is 5.02 Å². The van der Waals surface area contributed by atoms with E-state index >= 15 is 0 Å². The lowest BCUT2D eigenvalue weighted by atomic mass is 9.95. The first-order valence-electron chi connectivity index (χ1n) is 6.37. The van der Waals surface area contributed by atoms with Gasteiger partial charge in [-0.2, -0.15) is 0 Å². The number of rotatable bonds is 4. The van der Waals surface area contributed by atoms with Gasteiger partial charge in [0.15, 0.2) is 0 Å². The molecular formula is C16H17ClFN. The molecule has 0 bridgehead atoms. The third-order valence-electron chi connectivity index (χ3n) is 3.33. The van der Waals surface area contributed by atoms with Crippen molar-refractivity contribution >= 4 is 11.6 Å². The van der Waals surface area contributed by atoms with E-state index in [0.29, 0.717) is 12.5 Å². The number of halogens is 2. The zero-order chi connectivity index (χ0) is 13.8. The average Bonchev–Trinajstić information content (AvgIpc) is 2.42. The normalized spacial score (nSPS) is 12.4. The first-order chi connectivity index (χ1) is 9.11. The predicted molar refractivity (Wildman–Crippen MR) is 78.9 cm³/mol. The van der Waals surface area contributed by atoms with Crippen molar-refractivity contribution in [1.29, 1.82) is 0 Å². The van der Waals surface area contributed by atoms with Gasteiger partial charge < -0.3 is 5.73 Å². The van der Waals surface area contributed by atoms with Gasteiger partial charge in [-0.25, -0.2) is 4.39 Å². The second-order valence-corrected chi connectivity index (χ2v) is 5.14. The minimum Gasteiger partial charge on any atom is -0.330 e. The lowest BCUT2D eigenvalue weighted by Crippen LogP contribution is -2.04. The lowest BCUT2D eigenvalue weighted by Gasteiger charge is -2.11. The molecule has 0 spiro atoms. The van der Waals surface area contributed by atoms with Crippen molar-refractivity contribution in [3.8, 4) is 11.1 Å².